The van der Waals surface area contributed by atoms with Crippen LogP contribution in [-0.2, 0) is 11.4 Å². The van der Waals surface area contributed by atoms with E-state index in [0.29, 0.717) is 22.9 Å². The third-order valence-corrected chi connectivity index (χ3v) is 7.87. The van der Waals surface area contributed by atoms with Crippen LogP contribution < -0.4 is 15.4 Å². The Morgan fingerprint density at radius 3 is 2.96 bits per heavy atom. The van der Waals surface area contributed by atoms with Crippen molar-refractivity contribution in [3.8, 4) is 0 Å². The van der Waals surface area contributed by atoms with Gasteiger partial charge in [-0.05, 0) is 18.4 Å². The molecule has 4 aliphatic rings. The Kier molecular flexibility index (Phi) is 4.46. The highest BCUT2D eigenvalue weighted by atomic mass is 127. The summed E-state index contributed by atoms with van der Waals surface area (Å²) in [6, 6.07) is -0.241. The number of hydrogen-bond acceptors (Lipinski definition) is 3. The Balaban J connectivity index is 1.46. The van der Waals surface area contributed by atoms with E-state index in [1.54, 1.807) is 0 Å². The van der Waals surface area contributed by atoms with Crippen molar-refractivity contribution in [3.05, 3.63) is 35.5 Å². The van der Waals surface area contributed by atoms with Gasteiger partial charge in [0.2, 0.25) is 0 Å². The quantitative estimate of drug-likeness (QED) is 0.351. The first kappa shape index (κ1) is 16.0. The van der Waals surface area contributed by atoms with Crippen LogP contribution in [-0.4, -0.2) is 38.9 Å². The van der Waals surface area contributed by atoms with Gasteiger partial charge in [-0.3, -0.25) is 0 Å². The first-order valence-electron chi connectivity index (χ1n) is 8.06. The predicted molar refractivity (Wildman–Crippen MR) is 99.6 cm³/mol. The minimum atomic E-state index is -1.31. The Morgan fingerprint density at radius 1 is 1.39 bits per heavy atom. The molecule has 0 aromatic heterocycles. The lowest BCUT2D eigenvalue weighted by atomic mass is 9.76. The smallest absolute Gasteiger partial charge is 0.356 e. The van der Waals surface area contributed by atoms with Crippen molar-refractivity contribution in [3.63, 3.8) is 0 Å². The van der Waals surface area contributed by atoms with E-state index in [4.69, 9.17) is 0 Å². The maximum atomic E-state index is 12.3. The highest BCUT2D eigenvalue weighted by Crippen LogP contribution is 2.47. The van der Waals surface area contributed by atoms with E-state index in [9.17, 15) is 9.35 Å². The standard InChI is InChI=1S/C16H20IN3O2S/c17-14-5-4-12-13(14)6-9-2-1-3-11(9)15(12)19-16(21)20-23(22)10-7-18-8-10/h1-3,6,10-12,14-15,18H,4-5,7-8H2,(H2,19,20,21). The summed E-state index contributed by atoms with van der Waals surface area (Å²) in [5.74, 6) is 0.640. The molecule has 3 N–H and O–H groups in total. The molecule has 1 aliphatic heterocycles. The minimum absolute atomic E-state index is 0.0367. The van der Waals surface area contributed by atoms with Crippen LogP contribution in [0.1, 0.15) is 12.8 Å². The maximum Gasteiger partial charge on any atom is 0.356 e. The summed E-state index contributed by atoms with van der Waals surface area (Å²) in [6.45, 7) is 1.42. The molecule has 124 valence electrons. The summed E-state index contributed by atoms with van der Waals surface area (Å²) in [5.41, 5.74) is 2.74. The largest absolute Gasteiger partial charge is 0.593 e. The van der Waals surface area contributed by atoms with Gasteiger partial charge in [-0.25, -0.2) is 4.79 Å². The number of rotatable bonds is 3. The minimum Gasteiger partial charge on any atom is -0.593 e. The number of allylic oxidation sites excluding steroid dienone is 3. The molecular formula is C16H20IN3O2S. The zero-order valence-electron chi connectivity index (χ0n) is 12.6. The fourth-order valence-corrected chi connectivity index (χ4v) is 5.81. The van der Waals surface area contributed by atoms with Crippen LogP contribution in [0.4, 0.5) is 4.79 Å². The van der Waals surface area contributed by atoms with E-state index in [0.717, 1.165) is 6.42 Å². The molecule has 1 saturated carbocycles. The summed E-state index contributed by atoms with van der Waals surface area (Å²) in [4.78, 5) is 12.3. The molecule has 5 nitrogen and oxygen atoms in total. The van der Waals surface area contributed by atoms with Gasteiger partial charge in [0.15, 0.2) is 5.25 Å². The Labute approximate surface area is 152 Å². The average Bonchev–Trinajstić information content (AvgIpc) is 3.04. The number of fused-ring (bicyclic) bond motifs is 2. The van der Waals surface area contributed by atoms with Crippen molar-refractivity contribution in [2.75, 3.05) is 13.1 Å². The lowest BCUT2D eigenvalue weighted by Gasteiger charge is -2.36. The van der Waals surface area contributed by atoms with Crippen LogP contribution in [0.5, 0.6) is 0 Å². The molecule has 0 aromatic rings. The number of alkyl halides is 1. The first-order valence-corrected chi connectivity index (χ1v) is 10.5. The number of urea groups is 1. The van der Waals surface area contributed by atoms with Gasteiger partial charge in [-0.2, -0.15) is 4.72 Å². The van der Waals surface area contributed by atoms with Crippen molar-refractivity contribution >= 4 is 40.0 Å². The number of nitrogens with one attached hydrogen (secondary N) is 3. The predicted octanol–water partition coefficient (Wildman–Crippen LogP) is 1.56. The normalized spacial score (nSPS) is 36.4. The second-order valence-electron chi connectivity index (χ2n) is 6.55. The summed E-state index contributed by atoms with van der Waals surface area (Å²) in [6.07, 6.45) is 11.0. The summed E-state index contributed by atoms with van der Waals surface area (Å²) >= 11 is 1.20. The summed E-state index contributed by atoms with van der Waals surface area (Å²) in [5, 5.41) is 6.23. The number of amides is 2. The molecule has 2 fully saturated rings. The Morgan fingerprint density at radius 2 is 2.22 bits per heavy atom. The molecule has 7 heteroatoms. The van der Waals surface area contributed by atoms with Crippen LogP contribution in [0.2, 0.25) is 0 Å². The third-order valence-electron chi connectivity index (χ3n) is 5.20. The molecular weight excluding hydrogens is 425 g/mol. The first-order chi connectivity index (χ1) is 11.1. The van der Waals surface area contributed by atoms with Crippen LogP contribution in [0, 0.1) is 11.8 Å². The average molecular weight is 445 g/mol. The van der Waals surface area contributed by atoms with Crippen molar-refractivity contribution < 1.29 is 9.35 Å². The zero-order chi connectivity index (χ0) is 16.0. The molecule has 2 amide bonds. The van der Waals surface area contributed by atoms with E-state index in [1.165, 1.54) is 17.6 Å². The third kappa shape index (κ3) is 2.96. The van der Waals surface area contributed by atoms with Gasteiger partial charge in [0.25, 0.3) is 0 Å². The molecule has 0 radical (unpaired) electrons. The van der Waals surface area contributed by atoms with Crippen molar-refractivity contribution in [2.24, 2.45) is 11.8 Å². The fourth-order valence-electron chi connectivity index (χ4n) is 3.86. The molecule has 1 heterocycles. The van der Waals surface area contributed by atoms with Crippen LogP contribution in [0.3, 0.4) is 0 Å². The van der Waals surface area contributed by atoms with Crippen molar-refractivity contribution in [1.29, 1.82) is 0 Å². The molecule has 0 spiro atoms. The highest BCUT2D eigenvalue weighted by Gasteiger charge is 2.43. The molecule has 1 saturated heterocycles. The highest BCUT2D eigenvalue weighted by molar-refractivity contribution is 14.1. The van der Waals surface area contributed by atoms with Gasteiger partial charge < -0.3 is 15.2 Å². The van der Waals surface area contributed by atoms with Gasteiger partial charge in [-0.15, -0.1) is 0 Å². The second kappa shape index (κ2) is 6.42. The number of carbonyl (C=O) groups excluding carboxylic acids is 1. The van der Waals surface area contributed by atoms with Crippen molar-refractivity contribution in [2.45, 2.75) is 28.1 Å². The number of halogens is 1. The topological polar surface area (TPSA) is 76.2 Å². The molecule has 5 unspecified atom stereocenters. The van der Waals surface area contributed by atoms with E-state index in [2.05, 4.69) is 62.3 Å². The van der Waals surface area contributed by atoms with E-state index in [1.807, 2.05) is 0 Å². The lowest BCUT2D eigenvalue weighted by molar-refractivity contribution is 0.233. The molecule has 5 atom stereocenters. The summed E-state index contributed by atoms with van der Waals surface area (Å²) in [7, 11) is 0. The molecule has 0 bridgehead atoms. The fraction of sp³-hybridized carbons (Fsp3) is 0.562. The zero-order valence-corrected chi connectivity index (χ0v) is 15.6. The number of carbonyl (C=O) groups is 1. The molecule has 0 aromatic carbocycles. The van der Waals surface area contributed by atoms with E-state index >= 15 is 0 Å². The van der Waals surface area contributed by atoms with Crippen molar-refractivity contribution in [1.82, 2.24) is 15.4 Å². The number of hydrogen-bond donors (Lipinski definition) is 3. The van der Waals surface area contributed by atoms with E-state index in [-0.39, 0.29) is 23.2 Å². The molecule has 3 aliphatic carbocycles. The van der Waals surface area contributed by atoms with Crippen LogP contribution in [0.25, 0.3) is 0 Å². The molecule has 23 heavy (non-hydrogen) atoms. The van der Waals surface area contributed by atoms with Gasteiger partial charge in [0.05, 0.1) is 11.4 Å². The lowest BCUT2D eigenvalue weighted by Crippen LogP contribution is -2.58. The monoisotopic (exact) mass is 445 g/mol. The second-order valence-corrected chi connectivity index (χ2v) is 9.52. The van der Waals surface area contributed by atoms with Gasteiger partial charge >= 0.3 is 6.03 Å². The Hall–Kier alpha value is -0.510. The van der Waals surface area contributed by atoms with Crippen LogP contribution in [0.15, 0.2) is 35.5 Å². The SMILES string of the molecule is O=C(NC1C2C=CC=C2C=C2C(I)CCC21)N[S+]([O-])C1CNC1. The van der Waals surface area contributed by atoms with Gasteiger partial charge in [-0.1, -0.05) is 52.5 Å². The van der Waals surface area contributed by atoms with Crippen LogP contribution >= 0.6 is 22.6 Å². The maximum absolute atomic E-state index is 12.3. The van der Waals surface area contributed by atoms with Gasteiger partial charge in [0, 0.05) is 34.9 Å². The van der Waals surface area contributed by atoms with E-state index < -0.39 is 11.4 Å². The van der Waals surface area contributed by atoms with Gasteiger partial charge in [0.1, 0.15) is 0 Å². The summed E-state index contributed by atoms with van der Waals surface area (Å²) < 4.78 is 15.2. The Bertz CT molecular complexity index is 602. The molecule has 4 rings (SSSR count).